The molecule has 0 aliphatic heterocycles. The van der Waals surface area contributed by atoms with Gasteiger partial charge in [-0.25, -0.2) is 14.2 Å². The van der Waals surface area contributed by atoms with Crippen LogP contribution in [0.4, 0.5) is 15.9 Å². The molecule has 0 aliphatic rings. The van der Waals surface area contributed by atoms with Crippen LogP contribution >= 0.6 is 11.6 Å². The van der Waals surface area contributed by atoms with Gasteiger partial charge in [-0.2, -0.15) is 5.26 Å². The fourth-order valence-electron chi connectivity index (χ4n) is 1.52. The summed E-state index contributed by atoms with van der Waals surface area (Å²) in [5.74, 6) is -2.04. The number of aromatic nitrogens is 1. The number of halogens is 2. The van der Waals surface area contributed by atoms with Gasteiger partial charge in [0, 0.05) is 11.9 Å². The highest BCUT2D eigenvalue weighted by Crippen LogP contribution is 2.26. The number of carbonyl (C=O) groups is 1. The maximum Gasteiger partial charge on any atom is 0.338 e. The van der Waals surface area contributed by atoms with E-state index in [1.807, 2.05) is 6.07 Å². The number of benzene rings is 1. The molecule has 0 saturated heterocycles. The van der Waals surface area contributed by atoms with Crippen molar-refractivity contribution in [3.05, 3.63) is 52.4 Å². The molecule has 2 rings (SSSR count). The molecule has 0 radical (unpaired) electrons. The van der Waals surface area contributed by atoms with Crippen molar-refractivity contribution in [1.29, 1.82) is 5.26 Å². The zero-order valence-corrected chi connectivity index (χ0v) is 10.6. The number of rotatable bonds is 3. The highest BCUT2D eigenvalue weighted by molar-refractivity contribution is 6.34. The van der Waals surface area contributed by atoms with Gasteiger partial charge in [0.25, 0.3) is 0 Å². The van der Waals surface area contributed by atoms with Gasteiger partial charge in [-0.1, -0.05) is 11.6 Å². The Balaban J connectivity index is 2.34. The molecule has 100 valence electrons. The lowest BCUT2D eigenvalue weighted by molar-refractivity contribution is 0.0692. The van der Waals surface area contributed by atoms with Gasteiger partial charge in [0.05, 0.1) is 11.1 Å². The summed E-state index contributed by atoms with van der Waals surface area (Å²) in [6.07, 6.45) is 1.38. The first kappa shape index (κ1) is 13.8. The number of aromatic carboxylic acids is 1. The summed E-state index contributed by atoms with van der Waals surface area (Å²) in [5, 5.41) is 20.4. The van der Waals surface area contributed by atoms with E-state index in [9.17, 15) is 9.18 Å². The molecule has 7 heteroatoms. The van der Waals surface area contributed by atoms with E-state index >= 15 is 0 Å². The number of carboxylic acid groups (broad SMARTS) is 1. The summed E-state index contributed by atoms with van der Waals surface area (Å²) in [6.45, 7) is 0. The van der Waals surface area contributed by atoms with Gasteiger partial charge in [0.1, 0.15) is 16.9 Å². The van der Waals surface area contributed by atoms with Crippen LogP contribution in [0.3, 0.4) is 0 Å². The fourth-order valence-corrected chi connectivity index (χ4v) is 1.72. The lowest BCUT2D eigenvalue weighted by Crippen LogP contribution is -2.02. The first-order valence-corrected chi connectivity index (χ1v) is 5.75. The van der Waals surface area contributed by atoms with Crippen molar-refractivity contribution in [3.8, 4) is 6.07 Å². The lowest BCUT2D eigenvalue weighted by Gasteiger charge is -2.08. The molecule has 2 aromatic rings. The summed E-state index contributed by atoms with van der Waals surface area (Å²) in [6, 6.07) is 6.86. The summed E-state index contributed by atoms with van der Waals surface area (Å²) < 4.78 is 13.5. The van der Waals surface area contributed by atoms with Gasteiger partial charge in [-0.3, -0.25) is 0 Å². The van der Waals surface area contributed by atoms with E-state index in [1.165, 1.54) is 18.3 Å². The zero-order chi connectivity index (χ0) is 14.7. The highest BCUT2D eigenvalue weighted by atomic mass is 35.5. The second-order valence-electron chi connectivity index (χ2n) is 3.76. The maximum absolute atomic E-state index is 13.5. The summed E-state index contributed by atoms with van der Waals surface area (Å²) in [4.78, 5) is 14.6. The smallest absolute Gasteiger partial charge is 0.338 e. The first-order chi connectivity index (χ1) is 9.52. The fraction of sp³-hybridized carbons (Fsp3) is 0. The average Bonchev–Trinajstić information content (AvgIpc) is 2.41. The van der Waals surface area contributed by atoms with E-state index in [0.29, 0.717) is 0 Å². The second kappa shape index (κ2) is 5.55. The molecule has 2 N–H and O–H groups in total. The van der Waals surface area contributed by atoms with Gasteiger partial charge < -0.3 is 10.4 Å². The third kappa shape index (κ3) is 2.68. The van der Waals surface area contributed by atoms with Crippen molar-refractivity contribution in [2.45, 2.75) is 0 Å². The van der Waals surface area contributed by atoms with Gasteiger partial charge >= 0.3 is 5.97 Å². The molecule has 0 unspecified atom stereocenters. The molecule has 0 atom stereocenters. The molecule has 20 heavy (non-hydrogen) atoms. The molecule has 0 fully saturated rings. The maximum atomic E-state index is 13.5. The number of hydrogen-bond donors (Lipinski definition) is 2. The Hall–Kier alpha value is -2.65. The van der Waals surface area contributed by atoms with Gasteiger partial charge in [-0.15, -0.1) is 0 Å². The Kier molecular flexibility index (Phi) is 3.82. The van der Waals surface area contributed by atoms with Gasteiger partial charge in [0.15, 0.2) is 5.82 Å². The van der Waals surface area contributed by atoms with Crippen LogP contribution in [0, 0.1) is 17.1 Å². The van der Waals surface area contributed by atoms with Crippen molar-refractivity contribution in [1.82, 2.24) is 4.98 Å². The van der Waals surface area contributed by atoms with E-state index in [1.54, 1.807) is 0 Å². The number of carboxylic acids is 1. The number of nitrogens with one attached hydrogen (secondary N) is 1. The van der Waals surface area contributed by atoms with E-state index < -0.39 is 17.3 Å². The van der Waals surface area contributed by atoms with Crippen LogP contribution in [0.2, 0.25) is 5.02 Å². The van der Waals surface area contributed by atoms with Crippen LogP contribution < -0.4 is 5.32 Å². The Labute approximate surface area is 118 Å². The normalized spacial score (nSPS) is 9.85. The Bertz CT molecular complexity index is 728. The largest absolute Gasteiger partial charge is 0.478 e. The predicted molar refractivity (Wildman–Crippen MR) is 70.6 cm³/mol. The van der Waals surface area contributed by atoms with Crippen LogP contribution in [-0.4, -0.2) is 16.1 Å². The van der Waals surface area contributed by atoms with Crippen molar-refractivity contribution in [2.24, 2.45) is 0 Å². The van der Waals surface area contributed by atoms with Crippen LogP contribution in [0.5, 0.6) is 0 Å². The third-order valence-corrected chi connectivity index (χ3v) is 2.85. The summed E-state index contributed by atoms with van der Waals surface area (Å²) in [5.41, 5.74) is 0.0733. The molecule has 0 amide bonds. The molecular weight excluding hydrogens is 285 g/mol. The topological polar surface area (TPSA) is 86.0 Å². The minimum absolute atomic E-state index is 0.109. The summed E-state index contributed by atoms with van der Waals surface area (Å²) in [7, 11) is 0. The standard InChI is InChI=1S/C13H7ClFN3O2/c14-11-7(6-16)3-4-17-12(11)18-8-1-2-9(13(19)20)10(15)5-8/h1-5H,(H,17,18)(H,19,20). The second-order valence-corrected chi connectivity index (χ2v) is 4.14. The lowest BCUT2D eigenvalue weighted by atomic mass is 10.2. The first-order valence-electron chi connectivity index (χ1n) is 5.37. The highest BCUT2D eigenvalue weighted by Gasteiger charge is 2.12. The quantitative estimate of drug-likeness (QED) is 0.907. The average molecular weight is 292 g/mol. The van der Waals surface area contributed by atoms with Crippen molar-refractivity contribution in [2.75, 3.05) is 5.32 Å². The SMILES string of the molecule is N#Cc1ccnc(Nc2ccc(C(=O)O)c(F)c2)c1Cl. The zero-order valence-electron chi connectivity index (χ0n) is 9.89. The van der Waals surface area contributed by atoms with E-state index in [4.69, 9.17) is 22.0 Å². The predicted octanol–water partition coefficient (Wildman–Crippen LogP) is 3.19. The Morgan fingerprint density at radius 1 is 1.45 bits per heavy atom. The Morgan fingerprint density at radius 2 is 2.20 bits per heavy atom. The molecule has 5 nitrogen and oxygen atoms in total. The van der Waals surface area contributed by atoms with Crippen molar-refractivity contribution >= 4 is 29.1 Å². The molecule has 1 aromatic carbocycles. The van der Waals surface area contributed by atoms with E-state index in [0.717, 1.165) is 12.1 Å². The number of nitrogens with zero attached hydrogens (tertiary/aromatic N) is 2. The Morgan fingerprint density at radius 3 is 2.80 bits per heavy atom. The van der Waals surface area contributed by atoms with E-state index in [2.05, 4.69) is 10.3 Å². The van der Waals surface area contributed by atoms with Gasteiger partial charge in [0.2, 0.25) is 0 Å². The number of hydrogen-bond acceptors (Lipinski definition) is 4. The minimum atomic E-state index is -1.35. The molecule has 1 aromatic heterocycles. The molecular formula is C13H7ClFN3O2. The molecule has 0 aliphatic carbocycles. The molecule has 0 saturated carbocycles. The number of anilines is 2. The van der Waals surface area contributed by atoms with Crippen LogP contribution in [0.15, 0.2) is 30.5 Å². The molecule has 0 bridgehead atoms. The number of pyridine rings is 1. The third-order valence-electron chi connectivity index (χ3n) is 2.47. The van der Waals surface area contributed by atoms with Crippen LogP contribution in [-0.2, 0) is 0 Å². The van der Waals surface area contributed by atoms with Crippen molar-refractivity contribution in [3.63, 3.8) is 0 Å². The minimum Gasteiger partial charge on any atom is -0.478 e. The van der Waals surface area contributed by atoms with Crippen molar-refractivity contribution < 1.29 is 14.3 Å². The number of nitriles is 1. The molecule has 1 heterocycles. The summed E-state index contributed by atoms with van der Waals surface area (Å²) >= 11 is 5.94. The van der Waals surface area contributed by atoms with E-state index in [-0.39, 0.29) is 22.1 Å². The van der Waals surface area contributed by atoms with Crippen LogP contribution in [0.1, 0.15) is 15.9 Å². The van der Waals surface area contributed by atoms with Gasteiger partial charge in [-0.05, 0) is 24.3 Å². The monoisotopic (exact) mass is 291 g/mol. The molecule has 0 spiro atoms. The van der Waals surface area contributed by atoms with Crippen LogP contribution in [0.25, 0.3) is 0 Å².